The van der Waals surface area contributed by atoms with Crippen LogP contribution < -0.4 is 4.52 Å². The van der Waals surface area contributed by atoms with Crippen LogP contribution in [0, 0.1) is 0 Å². The van der Waals surface area contributed by atoms with Gasteiger partial charge < -0.3 is 4.74 Å². The Labute approximate surface area is 56.1 Å². The van der Waals surface area contributed by atoms with Gasteiger partial charge in [-0.1, -0.05) is 0 Å². The van der Waals surface area contributed by atoms with E-state index in [1.54, 1.807) is 0 Å². The summed E-state index contributed by atoms with van der Waals surface area (Å²) >= 11 is 1.02. The smallest absolute Gasteiger partial charge is 0.352 e. The van der Waals surface area contributed by atoms with Gasteiger partial charge in [0.15, 0.2) is 4.91 Å². The Hall–Kier alpha value is -0.840. The summed E-state index contributed by atoms with van der Waals surface area (Å²) < 4.78 is 7.87. The van der Waals surface area contributed by atoms with Gasteiger partial charge in [0.2, 0.25) is 0 Å². The minimum Gasteiger partial charge on any atom is -0.465 e. The molecule has 1 heterocycles. The van der Waals surface area contributed by atoms with Gasteiger partial charge in [-0.15, -0.1) is 0 Å². The first kappa shape index (κ1) is 6.28. The Kier molecular flexibility index (Phi) is 1.84. The topological polar surface area (TPSA) is 52.8 Å². The lowest BCUT2D eigenvalue weighted by Gasteiger charge is -1.88. The SMILES string of the molecule is COC(=O)C1=CN=[N+]S1. The van der Waals surface area contributed by atoms with Crippen LogP contribution in [-0.2, 0) is 9.53 Å². The predicted molar refractivity (Wildman–Crippen MR) is 32.3 cm³/mol. The normalized spacial score (nSPS) is 15.4. The van der Waals surface area contributed by atoms with Crippen molar-refractivity contribution in [2.24, 2.45) is 5.11 Å². The first-order valence-electron chi connectivity index (χ1n) is 2.20. The Morgan fingerprint density at radius 2 is 2.78 bits per heavy atom. The molecule has 0 N–H and O–H groups in total. The van der Waals surface area contributed by atoms with Gasteiger partial charge in [0, 0.05) is 0 Å². The van der Waals surface area contributed by atoms with E-state index >= 15 is 0 Å². The summed E-state index contributed by atoms with van der Waals surface area (Å²) in [6.45, 7) is 0. The number of esters is 1. The van der Waals surface area contributed by atoms with E-state index in [0.717, 1.165) is 11.9 Å². The Morgan fingerprint density at radius 1 is 2.00 bits per heavy atom. The Morgan fingerprint density at radius 3 is 3.22 bits per heavy atom. The van der Waals surface area contributed by atoms with Crippen LogP contribution in [0.15, 0.2) is 16.2 Å². The number of hydrogen-bond donors (Lipinski definition) is 0. The Bertz CT molecular complexity index is 187. The van der Waals surface area contributed by atoms with Crippen LogP contribution in [-0.4, -0.2) is 13.1 Å². The first-order valence-corrected chi connectivity index (χ1v) is 2.97. The van der Waals surface area contributed by atoms with Crippen molar-refractivity contribution in [2.45, 2.75) is 0 Å². The largest absolute Gasteiger partial charge is 0.465 e. The zero-order valence-electron chi connectivity index (χ0n) is 4.70. The van der Waals surface area contributed by atoms with E-state index in [9.17, 15) is 4.79 Å². The predicted octanol–water partition coefficient (Wildman–Crippen LogP) is 0.451. The molecule has 0 aromatic heterocycles. The maximum Gasteiger partial charge on any atom is 0.352 e. The highest BCUT2D eigenvalue weighted by Crippen LogP contribution is 2.17. The zero-order valence-corrected chi connectivity index (χ0v) is 5.51. The van der Waals surface area contributed by atoms with Crippen molar-refractivity contribution in [3.8, 4) is 0 Å². The van der Waals surface area contributed by atoms with Crippen molar-refractivity contribution < 1.29 is 9.53 Å². The summed E-state index contributed by atoms with van der Waals surface area (Å²) in [5, 5.41) is 3.46. The molecule has 1 radical (unpaired) electrons. The lowest BCUT2D eigenvalue weighted by Crippen LogP contribution is -1.99. The van der Waals surface area contributed by atoms with Gasteiger partial charge in [-0.25, -0.2) is 4.79 Å². The van der Waals surface area contributed by atoms with Crippen LogP contribution in [0.2, 0.25) is 0 Å². The third-order valence-corrected chi connectivity index (χ3v) is 1.39. The van der Waals surface area contributed by atoms with Gasteiger partial charge in [-0.3, -0.25) is 0 Å². The fourth-order valence-electron chi connectivity index (χ4n) is 0.358. The molecule has 0 bridgehead atoms. The first-order chi connectivity index (χ1) is 4.34. The highest BCUT2D eigenvalue weighted by molar-refractivity contribution is 8.01. The molecule has 0 atom stereocenters. The van der Waals surface area contributed by atoms with Gasteiger partial charge in [-0.05, 0) is 0 Å². The molecule has 0 aliphatic carbocycles. The molecule has 1 rings (SSSR count). The monoisotopic (exact) mass is 144 g/mol. The fraction of sp³-hybridized carbons (Fsp3) is 0.250. The van der Waals surface area contributed by atoms with Crippen LogP contribution in [0.4, 0.5) is 0 Å². The lowest BCUT2D eigenvalue weighted by molar-refractivity contribution is -0.135. The quantitative estimate of drug-likeness (QED) is 0.396. The van der Waals surface area contributed by atoms with Crippen molar-refractivity contribution in [3.63, 3.8) is 0 Å². The fourth-order valence-corrected chi connectivity index (χ4v) is 0.792. The van der Waals surface area contributed by atoms with E-state index in [0.29, 0.717) is 4.91 Å². The van der Waals surface area contributed by atoms with Crippen LogP contribution in [0.25, 0.3) is 0 Å². The van der Waals surface area contributed by atoms with Crippen molar-refractivity contribution in [1.82, 2.24) is 4.52 Å². The Balaban J connectivity index is 2.55. The molecule has 47 valence electrons. The summed E-state index contributed by atoms with van der Waals surface area (Å²) in [5.74, 6) is -0.384. The van der Waals surface area contributed by atoms with Gasteiger partial charge in [0.05, 0.1) is 12.2 Å². The van der Waals surface area contributed by atoms with E-state index < -0.39 is 0 Å². The summed E-state index contributed by atoms with van der Waals surface area (Å²) in [7, 11) is 1.32. The lowest BCUT2D eigenvalue weighted by atomic mass is 10.6. The van der Waals surface area contributed by atoms with Crippen LogP contribution in [0.3, 0.4) is 0 Å². The summed E-state index contributed by atoms with van der Waals surface area (Å²) in [4.78, 5) is 11.0. The molecule has 4 nitrogen and oxygen atoms in total. The van der Waals surface area contributed by atoms with Gasteiger partial charge in [0.1, 0.15) is 6.20 Å². The molecule has 0 spiro atoms. The van der Waals surface area contributed by atoms with E-state index in [-0.39, 0.29) is 5.97 Å². The molecule has 0 fully saturated rings. The third kappa shape index (κ3) is 1.29. The second-order valence-corrected chi connectivity index (χ2v) is 2.06. The van der Waals surface area contributed by atoms with Gasteiger partial charge in [-0.2, -0.15) is 0 Å². The summed E-state index contributed by atoms with van der Waals surface area (Å²) in [5.41, 5.74) is 0. The maximum atomic E-state index is 10.6. The minimum atomic E-state index is -0.384. The molecule has 5 heteroatoms. The second-order valence-electron chi connectivity index (χ2n) is 1.27. The standard InChI is InChI=1S/C4H4N2O2S/c1-8-4(7)3-2-5-6-9-3/h2H,1H3/q+1. The molecule has 0 aromatic rings. The number of rotatable bonds is 1. The number of methoxy groups -OCH3 is 1. The van der Waals surface area contributed by atoms with Crippen LogP contribution >= 0.6 is 11.9 Å². The van der Waals surface area contributed by atoms with Crippen molar-refractivity contribution in [3.05, 3.63) is 11.1 Å². The number of ether oxygens (including phenoxy) is 1. The number of nitrogens with zero attached hydrogens (tertiary/aromatic N) is 2. The summed E-state index contributed by atoms with van der Waals surface area (Å²) in [6.07, 6.45) is 1.37. The zero-order chi connectivity index (χ0) is 6.69. The average Bonchev–Trinajstić information content (AvgIpc) is 2.37. The third-order valence-electron chi connectivity index (χ3n) is 0.748. The number of carbonyl (C=O) groups is 1. The molecular weight excluding hydrogens is 140 g/mol. The maximum absolute atomic E-state index is 10.6. The van der Waals surface area contributed by atoms with Crippen LogP contribution in [0.1, 0.15) is 0 Å². The van der Waals surface area contributed by atoms with Crippen LogP contribution in [0.5, 0.6) is 0 Å². The minimum absolute atomic E-state index is 0.384. The molecule has 0 aromatic carbocycles. The molecule has 9 heavy (non-hydrogen) atoms. The highest BCUT2D eigenvalue weighted by Gasteiger charge is 2.23. The molecule has 0 amide bonds. The van der Waals surface area contributed by atoms with E-state index in [1.807, 2.05) is 0 Å². The van der Waals surface area contributed by atoms with Gasteiger partial charge >= 0.3 is 17.9 Å². The molecule has 1 aliphatic rings. The number of carbonyl (C=O) groups excluding carboxylic acids is 1. The van der Waals surface area contributed by atoms with Crippen molar-refractivity contribution in [1.29, 1.82) is 0 Å². The van der Waals surface area contributed by atoms with Gasteiger partial charge in [0.25, 0.3) is 4.52 Å². The van der Waals surface area contributed by atoms with E-state index in [4.69, 9.17) is 0 Å². The van der Waals surface area contributed by atoms with Crippen molar-refractivity contribution in [2.75, 3.05) is 7.11 Å². The summed E-state index contributed by atoms with van der Waals surface area (Å²) in [6, 6.07) is 0. The van der Waals surface area contributed by atoms with E-state index in [1.165, 1.54) is 13.3 Å². The molecule has 1 aliphatic heterocycles. The molecule has 0 saturated heterocycles. The molecular formula is C4H4N2O2S+. The van der Waals surface area contributed by atoms with E-state index in [2.05, 4.69) is 14.4 Å². The second kappa shape index (κ2) is 2.63. The average molecular weight is 144 g/mol. The van der Waals surface area contributed by atoms with Crippen molar-refractivity contribution >= 4 is 17.9 Å². The molecule has 0 saturated carbocycles. The number of hydrogen-bond acceptors (Lipinski definition) is 5. The highest BCUT2D eigenvalue weighted by atomic mass is 32.2. The molecule has 0 unspecified atom stereocenters.